The number of hydrogen-bond acceptors (Lipinski definition) is 3. The van der Waals surface area contributed by atoms with E-state index >= 15 is 0 Å². The van der Waals surface area contributed by atoms with Crippen molar-refractivity contribution in [2.75, 3.05) is 5.32 Å². The molecule has 0 spiro atoms. The van der Waals surface area contributed by atoms with Crippen molar-refractivity contribution in [2.45, 2.75) is 0 Å². The number of rotatable bonds is 2. The molecule has 2 heterocycles. The van der Waals surface area contributed by atoms with E-state index in [9.17, 15) is 4.79 Å². The van der Waals surface area contributed by atoms with Crippen LogP contribution in [0.4, 0.5) is 5.69 Å². The van der Waals surface area contributed by atoms with Gasteiger partial charge in [-0.1, -0.05) is 6.07 Å². The van der Waals surface area contributed by atoms with Crippen molar-refractivity contribution in [1.82, 2.24) is 4.98 Å². The van der Waals surface area contributed by atoms with Crippen molar-refractivity contribution in [3.8, 4) is 0 Å². The zero-order valence-electron chi connectivity index (χ0n) is 9.46. The van der Waals surface area contributed by atoms with Gasteiger partial charge in [-0.05, 0) is 35.7 Å². The number of nitrogens with one attached hydrogen (secondary N) is 1. The highest BCUT2D eigenvalue weighted by atomic mass is 16.3. The third-order valence-corrected chi connectivity index (χ3v) is 2.64. The first kappa shape index (κ1) is 10.5. The maximum absolute atomic E-state index is 11.8. The molecule has 0 atom stereocenters. The molecule has 2 aromatic heterocycles. The number of furan rings is 1. The Kier molecular flexibility index (Phi) is 2.53. The number of pyridine rings is 1. The Hall–Kier alpha value is -2.62. The third-order valence-electron chi connectivity index (χ3n) is 2.64. The molecule has 0 aliphatic carbocycles. The van der Waals surface area contributed by atoms with Crippen molar-refractivity contribution < 1.29 is 9.21 Å². The van der Waals surface area contributed by atoms with Gasteiger partial charge in [0.1, 0.15) is 0 Å². The molecule has 1 amide bonds. The van der Waals surface area contributed by atoms with Crippen LogP contribution in [-0.4, -0.2) is 10.9 Å². The summed E-state index contributed by atoms with van der Waals surface area (Å²) in [5.41, 5.74) is 0.732. The van der Waals surface area contributed by atoms with Gasteiger partial charge in [-0.15, -0.1) is 0 Å². The van der Waals surface area contributed by atoms with Crippen LogP contribution in [0.2, 0.25) is 0 Å². The van der Waals surface area contributed by atoms with Crippen molar-refractivity contribution in [3.63, 3.8) is 0 Å². The zero-order chi connectivity index (χ0) is 12.4. The number of carbonyl (C=O) groups is 1. The Balaban J connectivity index is 1.89. The highest BCUT2D eigenvalue weighted by Crippen LogP contribution is 2.18. The Bertz CT molecular complexity index is 690. The van der Waals surface area contributed by atoms with Crippen LogP contribution in [0, 0.1) is 0 Å². The second-order valence-electron chi connectivity index (χ2n) is 3.87. The van der Waals surface area contributed by atoms with Crippen LogP contribution in [0.5, 0.6) is 0 Å². The molecule has 3 aromatic rings. The van der Waals surface area contributed by atoms with Gasteiger partial charge in [0, 0.05) is 23.5 Å². The molecule has 0 saturated heterocycles. The summed E-state index contributed by atoms with van der Waals surface area (Å²) in [6.45, 7) is 0. The highest BCUT2D eigenvalue weighted by molar-refractivity contribution is 6.03. The van der Waals surface area contributed by atoms with E-state index in [1.807, 2.05) is 24.3 Å². The number of amides is 1. The van der Waals surface area contributed by atoms with E-state index in [-0.39, 0.29) is 5.91 Å². The molecule has 0 radical (unpaired) electrons. The third kappa shape index (κ3) is 1.96. The highest BCUT2D eigenvalue weighted by Gasteiger charge is 2.08. The lowest BCUT2D eigenvalue weighted by Gasteiger charge is -2.04. The zero-order valence-corrected chi connectivity index (χ0v) is 9.46. The van der Waals surface area contributed by atoms with Crippen LogP contribution in [0.25, 0.3) is 10.8 Å². The minimum absolute atomic E-state index is 0.256. The first-order chi connectivity index (χ1) is 8.83. The van der Waals surface area contributed by atoms with E-state index in [4.69, 9.17) is 4.42 Å². The van der Waals surface area contributed by atoms with Crippen LogP contribution in [-0.2, 0) is 0 Å². The van der Waals surface area contributed by atoms with Gasteiger partial charge < -0.3 is 9.73 Å². The predicted molar refractivity (Wildman–Crippen MR) is 68.4 cm³/mol. The molecule has 0 aliphatic rings. The fourth-order valence-corrected chi connectivity index (χ4v) is 1.76. The second kappa shape index (κ2) is 4.33. The minimum atomic E-state index is -0.256. The van der Waals surface area contributed by atoms with Crippen molar-refractivity contribution in [1.29, 1.82) is 0 Å². The SMILES string of the molecule is O=C(Nc1ccc2cnccc2c1)c1ccco1. The molecule has 1 N–H and O–H groups in total. The topological polar surface area (TPSA) is 55.1 Å². The maximum atomic E-state index is 11.8. The lowest BCUT2D eigenvalue weighted by Crippen LogP contribution is -2.10. The fraction of sp³-hybridized carbons (Fsp3) is 0. The number of benzene rings is 1. The van der Waals surface area contributed by atoms with Gasteiger partial charge >= 0.3 is 0 Å². The molecular weight excluding hydrogens is 228 g/mol. The summed E-state index contributed by atoms with van der Waals surface area (Å²) in [5, 5.41) is 4.85. The van der Waals surface area contributed by atoms with Crippen molar-refractivity contribution in [3.05, 3.63) is 60.8 Å². The van der Waals surface area contributed by atoms with Crippen molar-refractivity contribution in [2.24, 2.45) is 0 Å². The van der Waals surface area contributed by atoms with E-state index in [1.165, 1.54) is 6.26 Å². The van der Waals surface area contributed by atoms with Gasteiger partial charge in [0.05, 0.1) is 6.26 Å². The van der Waals surface area contributed by atoms with Crippen molar-refractivity contribution >= 4 is 22.4 Å². The molecule has 4 heteroatoms. The molecule has 0 bridgehead atoms. The molecule has 0 fully saturated rings. The summed E-state index contributed by atoms with van der Waals surface area (Å²) >= 11 is 0. The van der Waals surface area contributed by atoms with Crippen LogP contribution >= 0.6 is 0 Å². The molecule has 0 aliphatic heterocycles. The van der Waals surface area contributed by atoms with E-state index in [1.54, 1.807) is 24.5 Å². The van der Waals surface area contributed by atoms with Gasteiger partial charge in [-0.2, -0.15) is 0 Å². The number of hydrogen-bond donors (Lipinski definition) is 1. The molecule has 0 unspecified atom stereocenters. The van der Waals surface area contributed by atoms with E-state index in [2.05, 4.69) is 10.3 Å². The second-order valence-corrected chi connectivity index (χ2v) is 3.87. The summed E-state index contributed by atoms with van der Waals surface area (Å²) < 4.78 is 5.03. The molecule has 4 nitrogen and oxygen atoms in total. The van der Waals surface area contributed by atoms with Crippen LogP contribution in [0.1, 0.15) is 10.6 Å². The number of aromatic nitrogens is 1. The normalized spacial score (nSPS) is 10.4. The van der Waals surface area contributed by atoms with E-state index < -0.39 is 0 Å². The smallest absolute Gasteiger partial charge is 0.291 e. The number of anilines is 1. The van der Waals surface area contributed by atoms with Gasteiger partial charge in [0.15, 0.2) is 5.76 Å². The quantitative estimate of drug-likeness (QED) is 0.746. The van der Waals surface area contributed by atoms with Gasteiger partial charge in [0.25, 0.3) is 5.91 Å². The molecular formula is C14H10N2O2. The largest absolute Gasteiger partial charge is 0.459 e. The summed E-state index contributed by atoms with van der Waals surface area (Å²) in [4.78, 5) is 15.8. The summed E-state index contributed by atoms with van der Waals surface area (Å²) in [6.07, 6.45) is 4.98. The molecule has 1 aromatic carbocycles. The Morgan fingerprint density at radius 1 is 1.17 bits per heavy atom. The van der Waals surface area contributed by atoms with Crippen LogP contribution in [0.3, 0.4) is 0 Å². The average molecular weight is 238 g/mol. The van der Waals surface area contributed by atoms with Gasteiger partial charge in [-0.25, -0.2) is 0 Å². The Morgan fingerprint density at radius 3 is 2.94 bits per heavy atom. The van der Waals surface area contributed by atoms with Gasteiger partial charge in [0.2, 0.25) is 0 Å². The van der Waals surface area contributed by atoms with E-state index in [0.717, 1.165) is 16.5 Å². The Labute approximate surface area is 103 Å². The average Bonchev–Trinajstić information content (AvgIpc) is 2.92. The maximum Gasteiger partial charge on any atom is 0.291 e. The summed E-state index contributed by atoms with van der Waals surface area (Å²) in [7, 11) is 0. The summed E-state index contributed by atoms with van der Waals surface area (Å²) in [6, 6.07) is 10.9. The van der Waals surface area contributed by atoms with Crippen LogP contribution in [0.15, 0.2) is 59.5 Å². The van der Waals surface area contributed by atoms with Crippen LogP contribution < -0.4 is 5.32 Å². The Morgan fingerprint density at radius 2 is 2.11 bits per heavy atom. The first-order valence-corrected chi connectivity index (χ1v) is 5.51. The molecule has 88 valence electrons. The lowest BCUT2D eigenvalue weighted by molar-refractivity contribution is 0.0996. The monoisotopic (exact) mass is 238 g/mol. The van der Waals surface area contributed by atoms with E-state index in [0.29, 0.717) is 5.76 Å². The van der Waals surface area contributed by atoms with Gasteiger partial charge in [-0.3, -0.25) is 9.78 Å². The standard InChI is InChI=1S/C14H10N2O2/c17-14(13-2-1-7-18-13)16-12-4-3-11-9-15-6-5-10(11)8-12/h1-9H,(H,16,17). The number of nitrogens with zero attached hydrogens (tertiary/aromatic N) is 1. The number of carbonyl (C=O) groups excluding carboxylic acids is 1. The first-order valence-electron chi connectivity index (χ1n) is 5.51. The lowest BCUT2D eigenvalue weighted by atomic mass is 10.1. The fourth-order valence-electron chi connectivity index (χ4n) is 1.76. The number of fused-ring (bicyclic) bond motifs is 1. The molecule has 3 rings (SSSR count). The minimum Gasteiger partial charge on any atom is -0.459 e. The summed E-state index contributed by atoms with van der Waals surface area (Å²) in [5.74, 6) is 0.0400. The molecule has 0 saturated carbocycles. The molecule has 18 heavy (non-hydrogen) atoms. The predicted octanol–water partition coefficient (Wildman–Crippen LogP) is 3.08.